The Labute approximate surface area is 111 Å². The summed E-state index contributed by atoms with van der Waals surface area (Å²) in [6.07, 6.45) is 5.09. The lowest BCUT2D eigenvalue weighted by molar-refractivity contribution is -0.147. The molecule has 2 fully saturated rings. The van der Waals surface area contributed by atoms with Crippen molar-refractivity contribution in [3.05, 3.63) is 0 Å². The summed E-state index contributed by atoms with van der Waals surface area (Å²) in [6.45, 7) is 8.21. The van der Waals surface area contributed by atoms with Gasteiger partial charge in [0.25, 0.3) is 0 Å². The zero-order valence-corrected chi connectivity index (χ0v) is 12.0. The number of carbonyl (C=O) groups excluding carboxylic acids is 1. The highest BCUT2D eigenvalue weighted by atomic mass is 16.2. The van der Waals surface area contributed by atoms with Crippen molar-refractivity contribution in [2.24, 2.45) is 0 Å². The first kappa shape index (κ1) is 13.8. The van der Waals surface area contributed by atoms with Gasteiger partial charge in [-0.05, 0) is 52.6 Å². The lowest BCUT2D eigenvalue weighted by Gasteiger charge is -2.44. The van der Waals surface area contributed by atoms with Gasteiger partial charge in [-0.1, -0.05) is 0 Å². The highest BCUT2D eigenvalue weighted by Gasteiger charge is 2.39. The van der Waals surface area contributed by atoms with Gasteiger partial charge in [-0.2, -0.15) is 0 Å². The fourth-order valence-electron chi connectivity index (χ4n) is 3.18. The first-order valence-corrected chi connectivity index (χ1v) is 7.26. The van der Waals surface area contributed by atoms with Gasteiger partial charge in [0.1, 0.15) is 0 Å². The lowest BCUT2D eigenvalue weighted by Crippen LogP contribution is -2.62. The van der Waals surface area contributed by atoms with E-state index in [-0.39, 0.29) is 11.4 Å². The molecule has 2 aliphatic rings. The molecular formula is C14H27N3O. The first-order chi connectivity index (χ1) is 8.51. The van der Waals surface area contributed by atoms with Crippen molar-refractivity contribution in [2.75, 3.05) is 33.2 Å². The molecule has 0 aromatic rings. The fraction of sp³-hybridized carbons (Fsp3) is 0.929. The van der Waals surface area contributed by atoms with Crippen LogP contribution in [0.3, 0.4) is 0 Å². The second-order valence-corrected chi connectivity index (χ2v) is 6.21. The molecule has 0 aromatic carbocycles. The van der Waals surface area contributed by atoms with E-state index < -0.39 is 0 Å². The minimum absolute atomic E-state index is 0.257. The number of hydrogen-bond donors (Lipinski definition) is 1. The maximum atomic E-state index is 12.1. The topological polar surface area (TPSA) is 35.6 Å². The van der Waals surface area contributed by atoms with Crippen molar-refractivity contribution in [1.82, 2.24) is 15.1 Å². The van der Waals surface area contributed by atoms with E-state index in [2.05, 4.69) is 24.1 Å². The summed E-state index contributed by atoms with van der Waals surface area (Å²) in [7, 11) is 1.91. The minimum atomic E-state index is -0.323. The summed E-state index contributed by atoms with van der Waals surface area (Å²) in [5.41, 5.74) is -0.323. The van der Waals surface area contributed by atoms with Crippen LogP contribution in [0.4, 0.5) is 0 Å². The van der Waals surface area contributed by atoms with E-state index >= 15 is 0 Å². The smallest absolute Gasteiger partial charge is 0.242 e. The molecule has 104 valence electrons. The molecule has 0 aromatic heterocycles. The maximum absolute atomic E-state index is 12.1. The van der Waals surface area contributed by atoms with Gasteiger partial charge in [-0.15, -0.1) is 0 Å². The number of nitrogens with zero attached hydrogens (tertiary/aromatic N) is 2. The molecule has 4 heteroatoms. The number of rotatable bonds is 4. The van der Waals surface area contributed by atoms with Crippen LogP contribution in [0.2, 0.25) is 0 Å². The summed E-state index contributed by atoms with van der Waals surface area (Å²) in [5.74, 6) is 0.257. The summed E-state index contributed by atoms with van der Waals surface area (Å²) in [4.78, 5) is 16.4. The molecule has 1 unspecified atom stereocenters. The van der Waals surface area contributed by atoms with E-state index in [1.165, 1.54) is 32.2 Å². The Hall–Kier alpha value is -0.610. The summed E-state index contributed by atoms with van der Waals surface area (Å²) in [5, 5.41) is 3.54. The van der Waals surface area contributed by atoms with E-state index in [1.54, 1.807) is 0 Å². The van der Waals surface area contributed by atoms with E-state index in [0.29, 0.717) is 0 Å². The van der Waals surface area contributed by atoms with Crippen molar-refractivity contribution >= 4 is 5.91 Å². The van der Waals surface area contributed by atoms with Gasteiger partial charge in [-0.25, -0.2) is 0 Å². The molecule has 0 radical (unpaired) electrons. The van der Waals surface area contributed by atoms with Gasteiger partial charge in [0.05, 0.1) is 5.54 Å². The fourth-order valence-corrected chi connectivity index (χ4v) is 3.18. The van der Waals surface area contributed by atoms with E-state index in [4.69, 9.17) is 0 Å². The minimum Gasteiger partial charge on any atom is -0.343 e. The van der Waals surface area contributed by atoms with E-state index in [0.717, 1.165) is 25.7 Å². The zero-order chi connectivity index (χ0) is 13.2. The highest BCUT2D eigenvalue weighted by molar-refractivity contribution is 5.86. The van der Waals surface area contributed by atoms with Crippen LogP contribution >= 0.6 is 0 Å². The third-order valence-corrected chi connectivity index (χ3v) is 4.51. The standard InChI is InChI=1S/C14H27N3O/c1-14(2)13(18)16(3)10-11-17(14)9-5-7-12-6-4-8-15-12/h12,15H,4-11H2,1-3H3. The molecule has 2 heterocycles. The Bertz CT molecular complexity index is 297. The Balaban J connectivity index is 1.79. The molecule has 0 bridgehead atoms. The van der Waals surface area contributed by atoms with Crippen molar-refractivity contribution in [1.29, 1.82) is 0 Å². The third kappa shape index (κ3) is 2.86. The molecule has 1 atom stereocenters. The second-order valence-electron chi connectivity index (χ2n) is 6.21. The van der Waals surface area contributed by atoms with Crippen molar-refractivity contribution in [3.63, 3.8) is 0 Å². The van der Waals surface area contributed by atoms with Crippen LogP contribution < -0.4 is 5.32 Å². The predicted molar refractivity (Wildman–Crippen MR) is 73.5 cm³/mol. The van der Waals surface area contributed by atoms with Gasteiger partial charge >= 0.3 is 0 Å². The third-order valence-electron chi connectivity index (χ3n) is 4.51. The Morgan fingerprint density at radius 2 is 2.17 bits per heavy atom. The molecule has 1 amide bonds. The van der Waals surface area contributed by atoms with Gasteiger partial charge in [0, 0.05) is 26.2 Å². The number of amides is 1. The van der Waals surface area contributed by atoms with Crippen LogP contribution in [0.15, 0.2) is 0 Å². The Morgan fingerprint density at radius 3 is 2.83 bits per heavy atom. The molecule has 0 aliphatic carbocycles. The van der Waals surface area contributed by atoms with Crippen LogP contribution in [0.25, 0.3) is 0 Å². The van der Waals surface area contributed by atoms with Crippen molar-refractivity contribution in [2.45, 2.75) is 51.1 Å². The largest absolute Gasteiger partial charge is 0.343 e. The quantitative estimate of drug-likeness (QED) is 0.814. The molecule has 18 heavy (non-hydrogen) atoms. The van der Waals surface area contributed by atoms with E-state index in [9.17, 15) is 4.79 Å². The summed E-state index contributed by atoms with van der Waals surface area (Å²) in [6, 6.07) is 0.719. The molecule has 0 spiro atoms. The van der Waals surface area contributed by atoms with Crippen molar-refractivity contribution in [3.8, 4) is 0 Å². The molecule has 2 rings (SSSR count). The average molecular weight is 253 g/mol. The number of likely N-dealkylation sites (N-methyl/N-ethyl adjacent to an activating group) is 1. The predicted octanol–water partition coefficient (Wildman–Crippen LogP) is 1.07. The highest BCUT2D eigenvalue weighted by Crippen LogP contribution is 2.22. The molecule has 1 N–H and O–H groups in total. The normalized spacial score (nSPS) is 28.9. The van der Waals surface area contributed by atoms with Crippen LogP contribution in [0.1, 0.15) is 39.5 Å². The molecular weight excluding hydrogens is 226 g/mol. The van der Waals surface area contributed by atoms with E-state index in [1.807, 2.05) is 11.9 Å². The SMILES string of the molecule is CN1CCN(CCCC2CCCN2)C(C)(C)C1=O. The molecule has 0 saturated carbocycles. The molecule has 2 saturated heterocycles. The summed E-state index contributed by atoms with van der Waals surface area (Å²) >= 11 is 0. The monoisotopic (exact) mass is 253 g/mol. The first-order valence-electron chi connectivity index (χ1n) is 7.26. The van der Waals surface area contributed by atoms with Crippen LogP contribution in [0.5, 0.6) is 0 Å². The number of carbonyl (C=O) groups is 1. The van der Waals surface area contributed by atoms with Gasteiger partial charge in [0.15, 0.2) is 0 Å². The lowest BCUT2D eigenvalue weighted by atomic mass is 9.97. The van der Waals surface area contributed by atoms with Crippen LogP contribution in [-0.4, -0.2) is 60.5 Å². The summed E-state index contributed by atoms with van der Waals surface area (Å²) < 4.78 is 0. The van der Waals surface area contributed by atoms with Crippen molar-refractivity contribution < 1.29 is 4.79 Å². The second kappa shape index (κ2) is 5.57. The zero-order valence-electron chi connectivity index (χ0n) is 12.0. The number of hydrogen-bond acceptors (Lipinski definition) is 3. The Morgan fingerprint density at radius 1 is 1.39 bits per heavy atom. The number of nitrogens with one attached hydrogen (secondary N) is 1. The average Bonchev–Trinajstić information content (AvgIpc) is 2.83. The van der Waals surface area contributed by atoms with Gasteiger partial charge in [0.2, 0.25) is 5.91 Å². The van der Waals surface area contributed by atoms with Gasteiger partial charge in [-0.3, -0.25) is 9.69 Å². The maximum Gasteiger partial charge on any atom is 0.242 e. The van der Waals surface area contributed by atoms with Crippen LogP contribution in [-0.2, 0) is 4.79 Å². The number of piperazine rings is 1. The Kier molecular flexibility index (Phi) is 4.28. The molecule has 4 nitrogen and oxygen atoms in total. The molecule has 2 aliphatic heterocycles. The van der Waals surface area contributed by atoms with Gasteiger partial charge < -0.3 is 10.2 Å². The van der Waals surface area contributed by atoms with Crippen LogP contribution in [0, 0.1) is 0 Å².